The smallest absolute Gasteiger partial charge is 0.0125 e. The average molecular weight is 211 g/mol. The van der Waals surface area contributed by atoms with E-state index in [1.165, 1.54) is 51.6 Å². The molecule has 1 fully saturated rings. The van der Waals surface area contributed by atoms with Gasteiger partial charge in [0, 0.05) is 5.54 Å². The van der Waals surface area contributed by atoms with E-state index in [1.54, 1.807) is 0 Å². The highest BCUT2D eigenvalue weighted by molar-refractivity contribution is 4.79. The van der Waals surface area contributed by atoms with Gasteiger partial charge in [-0.3, -0.25) is 4.90 Å². The normalized spacial score (nSPS) is 25.2. The number of nitrogens with zero attached hydrogens (tertiary/aromatic N) is 1. The molecule has 1 heterocycles. The molecule has 0 aromatic carbocycles. The van der Waals surface area contributed by atoms with Crippen molar-refractivity contribution >= 4 is 0 Å². The number of hydrogen-bond acceptors (Lipinski definition) is 1. The van der Waals surface area contributed by atoms with E-state index < -0.39 is 0 Å². The van der Waals surface area contributed by atoms with Crippen molar-refractivity contribution in [1.82, 2.24) is 4.90 Å². The van der Waals surface area contributed by atoms with Crippen molar-refractivity contribution in [2.24, 2.45) is 5.92 Å². The Balaban J connectivity index is 2.35. The first-order chi connectivity index (χ1) is 7.04. The van der Waals surface area contributed by atoms with Gasteiger partial charge in [-0.25, -0.2) is 0 Å². The lowest BCUT2D eigenvalue weighted by molar-refractivity contribution is 0.140. The Bertz CT molecular complexity index is 169. The van der Waals surface area contributed by atoms with Gasteiger partial charge in [0.1, 0.15) is 0 Å². The molecule has 0 bridgehead atoms. The largest absolute Gasteiger partial charge is 0.298 e. The van der Waals surface area contributed by atoms with Gasteiger partial charge in [0.05, 0.1) is 0 Å². The summed E-state index contributed by atoms with van der Waals surface area (Å²) in [6.07, 6.45) is 8.56. The van der Waals surface area contributed by atoms with Crippen molar-refractivity contribution in [2.45, 2.75) is 71.8 Å². The van der Waals surface area contributed by atoms with Gasteiger partial charge in [0.15, 0.2) is 0 Å². The van der Waals surface area contributed by atoms with Crippen LogP contribution in [-0.4, -0.2) is 23.5 Å². The Kier molecular flexibility index (Phi) is 5.11. The van der Waals surface area contributed by atoms with E-state index in [9.17, 15) is 0 Å². The van der Waals surface area contributed by atoms with Gasteiger partial charge in [-0.05, 0) is 59.0 Å². The Morgan fingerprint density at radius 3 is 2.47 bits per heavy atom. The maximum absolute atomic E-state index is 2.67. The average Bonchev–Trinajstić information content (AvgIpc) is 2.38. The lowest BCUT2D eigenvalue weighted by Gasteiger charge is -2.34. The second-order valence-electron chi connectivity index (χ2n) is 6.10. The molecule has 1 rings (SSSR count). The van der Waals surface area contributed by atoms with Crippen LogP contribution in [-0.2, 0) is 0 Å². The zero-order valence-electron chi connectivity index (χ0n) is 11.2. The molecule has 0 radical (unpaired) electrons. The van der Waals surface area contributed by atoms with Crippen LogP contribution < -0.4 is 0 Å². The van der Waals surface area contributed by atoms with Crippen molar-refractivity contribution < 1.29 is 0 Å². The topological polar surface area (TPSA) is 3.24 Å². The SMILES string of the molecule is CCCCC1CCCN(C(C)(C)C)CC1. The van der Waals surface area contributed by atoms with Crippen LogP contribution in [0.4, 0.5) is 0 Å². The highest BCUT2D eigenvalue weighted by atomic mass is 15.2. The van der Waals surface area contributed by atoms with Crippen LogP contribution in [0.1, 0.15) is 66.2 Å². The van der Waals surface area contributed by atoms with Gasteiger partial charge >= 0.3 is 0 Å². The van der Waals surface area contributed by atoms with Crippen LogP contribution in [0.5, 0.6) is 0 Å². The number of likely N-dealkylation sites (tertiary alicyclic amines) is 1. The fourth-order valence-corrected chi connectivity index (χ4v) is 2.62. The lowest BCUT2D eigenvalue weighted by Crippen LogP contribution is -2.41. The molecule has 15 heavy (non-hydrogen) atoms. The zero-order chi connectivity index (χ0) is 11.3. The summed E-state index contributed by atoms with van der Waals surface area (Å²) >= 11 is 0. The summed E-state index contributed by atoms with van der Waals surface area (Å²) in [5, 5.41) is 0. The highest BCUT2D eigenvalue weighted by Gasteiger charge is 2.24. The molecule has 0 aliphatic carbocycles. The zero-order valence-corrected chi connectivity index (χ0v) is 11.2. The van der Waals surface area contributed by atoms with Gasteiger partial charge in [-0.2, -0.15) is 0 Å². The molecule has 1 saturated heterocycles. The van der Waals surface area contributed by atoms with Crippen molar-refractivity contribution in [3.8, 4) is 0 Å². The number of hydrogen-bond donors (Lipinski definition) is 0. The molecule has 1 aliphatic rings. The molecule has 90 valence electrons. The first-order valence-corrected chi connectivity index (χ1v) is 6.79. The van der Waals surface area contributed by atoms with E-state index in [4.69, 9.17) is 0 Å². The Hall–Kier alpha value is -0.0400. The quantitative estimate of drug-likeness (QED) is 0.680. The maximum Gasteiger partial charge on any atom is 0.0125 e. The summed E-state index contributed by atoms with van der Waals surface area (Å²) in [7, 11) is 0. The minimum Gasteiger partial charge on any atom is -0.298 e. The Morgan fingerprint density at radius 1 is 1.13 bits per heavy atom. The van der Waals surface area contributed by atoms with Gasteiger partial charge in [0.25, 0.3) is 0 Å². The third-order valence-corrected chi connectivity index (χ3v) is 3.76. The summed E-state index contributed by atoms with van der Waals surface area (Å²) in [6, 6.07) is 0. The number of rotatable bonds is 3. The van der Waals surface area contributed by atoms with Crippen LogP contribution in [0.2, 0.25) is 0 Å². The highest BCUT2D eigenvalue weighted by Crippen LogP contribution is 2.26. The molecule has 0 aromatic heterocycles. The Labute approximate surface area is 96.2 Å². The summed E-state index contributed by atoms with van der Waals surface area (Å²) < 4.78 is 0. The fourth-order valence-electron chi connectivity index (χ4n) is 2.62. The predicted octanol–water partition coefficient (Wildman–Crippen LogP) is 4.08. The van der Waals surface area contributed by atoms with Crippen LogP contribution >= 0.6 is 0 Å². The van der Waals surface area contributed by atoms with E-state index >= 15 is 0 Å². The molecule has 0 amide bonds. The molecule has 1 nitrogen and oxygen atoms in total. The summed E-state index contributed by atoms with van der Waals surface area (Å²) in [6.45, 7) is 12.0. The minimum absolute atomic E-state index is 0.375. The standard InChI is InChI=1S/C14H29N/c1-5-6-8-13-9-7-11-15(12-10-13)14(2,3)4/h13H,5-12H2,1-4H3. The van der Waals surface area contributed by atoms with Gasteiger partial charge in [-0.15, -0.1) is 0 Å². The fraction of sp³-hybridized carbons (Fsp3) is 1.00. The third kappa shape index (κ3) is 4.55. The second kappa shape index (κ2) is 5.89. The van der Waals surface area contributed by atoms with Crippen LogP contribution in [0.15, 0.2) is 0 Å². The van der Waals surface area contributed by atoms with Gasteiger partial charge < -0.3 is 0 Å². The molecule has 1 unspecified atom stereocenters. The van der Waals surface area contributed by atoms with Crippen molar-refractivity contribution in [3.63, 3.8) is 0 Å². The van der Waals surface area contributed by atoms with E-state index in [-0.39, 0.29) is 0 Å². The van der Waals surface area contributed by atoms with E-state index in [2.05, 4.69) is 32.6 Å². The third-order valence-electron chi connectivity index (χ3n) is 3.76. The second-order valence-corrected chi connectivity index (χ2v) is 6.10. The number of unbranched alkanes of at least 4 members (excludes halogenated alkanes) is 1. The molecule has 1 atom stereocenters. The van der Waals surface area contributed by atoms with E-state index in [0.29, 0.717) is 5.54 Å². The molecule has 0 spiro atoms. The predicted molar refractivity (Wildman–Crippen MR) is 68.2 cm³/mol. The lowest BCUT2D eigenvalue weighted by atomic mass is 9.95. The molecule has 0 aromatic rings. The van der Waals surface area contributed by atoms with Gasteiger partial charge in [0.2, 0.25) is 0 Å². The minimum atomic E-state index is 0.375. The van der Waals surface area contributed by atoms with Crippen LogP contribution in [0.3, 0.4) is 0 Å². The molecular weight excluding hydrogens is 182 g/mol. The summed E-state index contributed by atoms with van der Waals surface area (Å²) in [5.41, 5.74) is 0.375. The maximum atomic E-state index is 2.67. The Morgan fingerprint density at radius 2 is 1.87 bits per heavy atom. The van der Waals surface area contributed by atoms with E-state index in [1.807, 2.05) is 0 Å². The van der Waals surface area contributed by atoms with E-state index in [0.717, 1.165) is 5.92 Å². The first-order valence-electron chi connectivity index (χ1n) is 6.79. The molecule has 1 aliphatic heterocycles. The summed E-state index contributed by atoms with van der Waals surface area (Å²) in [4.78, 5) is 2.67. The molecule has 0 N–H and O–H groups in total. The molecule has 0 saturated carbocycles. The van der Waals surface area contributed by atoms with Crippen molar-refractivity contribution in [1.29, 1.82) is 0 Å². The van der Waals surface area contributed by atoms with Crippen molar-refractivity contribution in [2.75, 3.05) is 13.1 Å². The molecule has 1 heteroatoms. The summed E-state index contributed by atoms with van der Waals surface area (Å²) in [5.74, 6) is 1.01. The van der Waals surface area contributed by atoms with Gasteiger partial charge in [-0.1, -0.05) is 26.2 Å². The molecular formula is C14H29N. The first kappa shape index (κ1) is 13.0. The van der Waals surface area contributed by atoms with Crippen molar-refractivity contribution in [3.05, 3.63) is 0 Å². The van der Waals surface area contributed by atoms with Crippen LogP contribution in [0.25, 0.3) is 0 Å². The monoisotopic (exact) mass is 211 g/mol. The van der Waals surface area contributed by atoms with Crippen LogP contribution in [0, 0.1) is 5.92 Å².